The summed E-state index contributed by atoms with van der Waals surface area (Å²) < 4.78 is 9.70. The Morgan fingerprint density at radius 2 is 2.40 bits per heavy atom. The fourth-order valence-corrected chi connectivity index (χ4v) is 2.26. The highest BCUT2D eigenvalue weighted by atomic mass is 79.9. The molecule has 2 aromatic rings. The van der Waals surface area contributed by atoms with Crippen molar-refractivity contribution in [3.05, 3.63) is 34.1 Å². The van der Waals surface area contributed by atoms with Gasteiger partial charge >= 0.3 is 0 Å². The first kappa shape index (κ1) is 5.33. The van der Waals surface area contributed by atoms with E-state index in [9.17, 15) is 0 Å². The van der Waals surface area contributed by atoms with E-state index >= 15 is 0 Å². The Kier molecular flexibility index (Phi) is 1.26. The lowest BCUT2D eigenvalue weighted by molar-refractivity contribution is 1.79. The van der Waals surface area contributed by atoms with E-state index in [-0.39, 0.29) is 0 Å². The smallest absolute Gasteiger partial charge is 0.0638 e. The molecule has 0 bridgehead atoms. The van der Waals surface area contributed by atoms with Crippen molar-refractivity contribution in [2.75, 3.05) is 0 Å². The average molecular weight is 214 g/mol. The predicted molar refractivity (Wildman–Crippen MR) is 49.5 cm³/mol. The van der Waals surface area contributed by atoms with Crippen LogP contribution in [-0.2, 0) is 0 Å². The van der Waals surface area contributed by atoms with E-state index in [1.165, 1.54) is 0 Å². The molecule has 2 rings (SSSR count). The zero-order chi connectivity index (χ0) is 7.84. The van der Waals surface area contributed by atoms with Gasteiger partial charge in [-0.05, 0) is 23.6 Å². The van der Waals surface area contributed by atoms with Gasteiger partial charge < -0.3 is 0 Å². The second kappa shape index (κ2) is 2.36. The summed E-state index contributed by atoms with van der Waals surface area (Å²) in [5, 5.41) is 3.15. The topological polar surface area (TPSA) is 0 Å². The molecular weight excluding hydrogens is 208 g/mol. The van der Waals surface area contributed by atoms with Crippen molar-refractivity contribution in [3.8, 4) is 0 Å². The van der Waals surface area contributed by atoms with E-state index in [0.717, 1.165) is 14.6 Å². The summed E-state index contributed by atoms with van der Waals surface area (Å²) in [6, 6.07) is 6.36. The minimum atomic E-state index is 0.609. The second-order valence-electron chi connectivity index (χ2n) is 1.99. The molecule has 1 aromatic heterocycles. The van der Waals surface area contributed by atoms with Crippen molar-refractivity contribution >= 4 is 37.4 Å². The van der Waals surface area contributed by atoms with Crippen molar-refractivity contribution in [2.45, 2.75) is 0 Å². The standard InChI is InChI=1S/C8H5BrS/c9-7-2-1-3-8-6(7)4-5-10-8/h1-5H/i3D. The van der Waals surface area contributed by atoms with Crippen molar-refractivity contribution in [1.29, 1.82) is 0 Å². The normalized spacial score (nSPS) is 11.9. The summed E-state index contributed by atoms with van der Waals surface area (Å²) in [5.41, 5.74) is 0. The molecule has 1 aromatic carbocycles. The minimum Gasteiger partial charge on any atom is -0.144 e. The second-order valence-corrected chi connectivity index (χ2v) is 3.76. The number of rotatable bonds is 0. The highest BCUT2D eigenvalue weighted by Crippen LogP contribution is 2.27. The van der Waals surface area contributed by atoms with Gasteiger partial charge in [-0.3, -0.25) is 0 Å². The van der Waals surface area contributed by atoms with E-state index in [1.54, 1.807) is 11.3 Å². The number of halogens is 1. The summed E-state index contributed by atoms with van der Waals surface area (Å²) in [5.74, 6) is 0. The van der Waals surface area contributed by atoms with Crippen LogP contribution in [0.2, 0.25) is 0 Å². The van der Waals surface area contributed by atoms with E-state index in [0.29, 0.717) is 6.04 Å². The third kappa shape index (κ3) is 0.879. The SMILES string of the molecule is [2H]c1ccc(Br)c2ccsc12. The molecule has 0 aliphatic rings. The maximum atomic E-state index is 7.57. The molecule has 0 aliphatic heterocycles. The Bertz CT molecular complexity index is 358. The lowest BCUT2D eigenvalue weighted by atomic mass is 10.3. The van der Waals surface area contributed by atoms with E-state index in [2.05, 4.69) is 15.9 Å². The number of hydrogen-bond donors (Lipinski definition) is 0. The summed E-state index contributed by atoms with van der Waals surface area (Å²) in [6.07, 6.45) is 0. The molecule has 0 saturated heterocycles. The minimum absolute atomic E-state index is 0.609. The molecule has 0 N–H and O–H groups in total. The van der Waals surface area contributed by atoms with Gasteiger partial charge in [0.25, 0.3) is 0 Å². The van der Waals surface area contributed by atoms with E-state index in [4.69, 9.17) is 1.37 Å². The van der Waals surface area contributed by atoms with Gasteiger partial charge in [-0.25, -0.2) is 0 Å². The van der Waals surface area contributed by atoms with Crippen LogP contribution in [0.25, 0.3) is 10.1 Å². The Hall–Kier alpha value is -0.340. The molecule has 1 heterocycles. The van der Waals surface area contributed by atoms with Gasteiger partial charge in [0.05, 0.1) is 1.37 Å². The molecule has 0 spiro atoms. The fraction of sp³-hybridized carbons (Fsp3) is 0. The van der Waals surface area contributed by atoms with Gasteiger partial charge in [-0.2, -0.15) is 0 Å². The molecule has 0 nitrogen and oxygen atoms in total. The van der Waals surface area contributed by atoms with Crippen LogP contribution in [0.1, 0.15) is 1.37 Å². The zero-order valence-corrected chi connectivity index (χ0v) is 7.50. The molecular formula is C8H5BrS. The summed E-state index contributed by atoms with van der Waals surface area (Å²) >= 11 is 5.04. The highest BCUT2D eigenvalue weighted by molar-refractivity contribution is 9.10. The Morgan fingerprint density at radius 3 is 3.20 bits per heavy atom. The van der Waals surface area contributed by atoms with Crippen molar-refractivity contribution in [1.82, 2.24) is 0 Å². The van der Waals surface area contributed by atoms with Crippen LogP contribution in [0.5, 0.6) is 0 Å². The lowest BCUT2D eigenvalue weighted by Gasteiger charge is -1.89. The van der Waals surface area contributed by atoms with Crippen molar-refractivity contribution in [2.24, 2.45) is 0 Å². The van der Waals surface area contributed by atoms with Crippen LogP contribution in [0.3, 0.4) is 0 Å². The van der Waals surface area contributed by atoms with Crippen LogP contribution in [0.15, 0.2) is 34.1 Å². The van der Waals surface area contributed by atoms with Gasteiger partial charge in [0.15, 0.2) is 0 Å². The Balaban J connectivity index is 2.96. The van der Waals surface area contributed by atoms with Crippen molar-refractivity contribution < 1.29 is 1.37 Å². The maximum absolute atomic E-state index is 7.57. The van der Waals surface area contributed by atoms with Gasteiger partial charge in [-0.1, -0.05) is 22.0 Å². The summed E-state index contributed by atoms with van der Waals surface area (Å²) in [7, 11) is 0. The fourth-order valence-electron chi connectivity index (χ4n) is 0.889. The highest BCUT2D eigenvalue weighted by Gasteiger charge is 1.95. The maximum Gasteiger partial charge on any atom is 0.0638 e. The number of fused-ring (bicyclic) bond motifs is 1. The molecule has 10 heavy (non-hydrogen) atoms. The molecule has 2 heteroatoms. The third-order valence-corrected chi connectivity index (χ3v) is 2.90. The number of thiophene rings is 1. The Labute approximate surface area is 73.0 Å². The first-order valence-corrected chi connectivity index (χ1v) is 4.58. The van der Waals surface area contributed by atoms with Crippen molar-refractivity contribution in [3.63, 3.8) is 0 Å². The van der Waals surface area contributed by atoms with Crippen LogP contribution in [-0.4, -0.2) is 0 Å². The monoisotopic (exact) mass is 213 g/mol. The van der Waals surface area contributed by atoms with Gasteiger partial charge in [0.1, 0.15) is 0 Å². The first-order valence-electron chi connectivity index (χ1n) is 3.41. The third-order valence-electron chi connectivity index (χ3n) is 1.37. The average Bonchev–Trinajstić information content (AvgIpc) is 2.45. The first-order chi connectivity index (χ1) is 5.29. The predicted octanol–water partition coefficient (Wildman–Crippen LogP) is 3.66. The Morgan fingerprint density at radius 1 is 1.50 bits per heavy atom. The van der Waals surface area contributed by atoms with Crippen LogP contribution >= 0.6 is 27.3 Å². The van der Waals surface area contributed by atoms with Crippen LogP contribution < -0.4 is 0 Å². The van der Waals surface area contributed by atoms with Gasteiger partial charge in [0.2, 0.25) is 0 Å². The van der Waals surface area contributed by atoms with E-state index < -0.39 is 0 Å². The van der Waals surface area contributed by atoms with Crippen LogP contribution in [0.4, 0.5) is 0 Å². The molecule has 0 saturated carbocycles. The molecule has 0 amide bonds. The largest absolute Gasteiger partial charge is 0.144 e. The molecule has 0 fully saturated rings. The number of benzene rings is 1. The number of hydrogen-bond acceptors (Lipinski definition) is 1. The van der Waals surface area contributed by atoms with E-state index in [1.807, 2.05) is 23.6 Å². The zero-order valence-electron chi connectivity index (χ0n) is 6.10. The summed E-state index contributed by atoms with van der Waals surface area (Å²) in [6.45, 7) is 0. The summed E-state index contributed by atoms with van der Waals surface area (Å²) in [4.78, 5) is 0. The molecule has 0 unspecified atom stereocenters. The quantitative estimate of drug-likeness (QED) is 0.627. The molecule has 0 atom stereocenters. The molecule has 0 aliphatic carbocycles. The van der Waals surface area contributed by atoms with Gasteiger partial charge in [-0.15, -0.1) is 11.3 Å². The lowest BCUT2D eigenvalue weighted by Crippen LogP contribution is -1.62. The van der Waals surface area contributed by atoms with Gasteiger partial charge in [0, 0.05) is 14.6 Å². The molecule has 50 valence electrons. The van der Waals surface area contributed by atoms with Crippen LogP contribution in [0, 0.1) is 0 Å². The molecule has 0 radical (unpaired) electrons.